The Labute approximate surface area is 318 Å². The zero-order valence-corrected chi connectivity index (χ0v) is 31.7. The number of hydrogen-bond donors (Lipinski definition) is 2. The molecule has 3 aromatic heterocycles. The molecule has 2 N–H and O–H groups in total. The van der Waals surface area contributed by atoms with Gasteiger partial charge < -0.3 is 29.7 Å². The smallest absolute Gasteiger partial charge is 0.410 e. The lowest BCUT2D eigenvalue weighted by Crippen LogP contribution is -2.51. The number of amides is 2. The van der Waals surface area contributed by atoms with Gasteiger partial charge in [0.25, 0.3) is 0 Å². The Hall–Kier alpha value is -4.56. The summed E-state index contributed by atoms with van der Waals surface area (Å²) in [4.78, 5) is 42.3. The van der Waals surface area contributed by atoms with E-state index in [4.69, 9.17) is 42.4 Å². The summed E-state index contributed by atoms with van der Waals surface area (Å²) in [5.74, 6) is -0.172. The Kier molecular flexibility index (Phi) is 11.7. The van der Waals surface area contributed by atoms with Crippen LogP contribution in [0.25, 0.3) is 22.5 Å². The van der Waals surface area contributed by atoms with Crippen LogP contribution in [0, 0.1) is 5.82 Å². The van der Waals surface area contributed by atoms with E-state index in [0.717, 1.165) is 13.1 Å². The van der Waals surface area contributed by atoms with Gasteiger partial charge in [-0.15, -0.1) is 0 Å². The van der Waals surface area contributed by atoms with E-state index >= 15 is 4.39 Å². The minimum Gasteiger partial charge on any atom is -0.481 e. The number of anilines is 2. The minimum absolute atomic E-state index is 0.0455. The Morgan fingerprint density at radius 1 is 1.04 bits per heavy atom. The number of ether oxygens (including phenoxy) is 3. The number of carbonyl (C=O) groups is 2. The Bertz CT molecular complexity index is 1990. The monoisotopic (exact) mass is 765 g/mol. The first-order chi connectivity index (χ1) is 25.3. The van der Waals surface area contributed by atoms with Crippen molar-refractivity contribution >= 4 is 46.7 Å². The van der Waals surface area contributed by atoms with Gasteiger partial charge >= 0.3 is 6.09 Å². The second-order valence-electron chi connectivity index (χ2n) is 14.0. The van der Waals surface area contributed by atoms with Crippen LogP contribution in [-0.2, 0) is 27.4 Å². The molecule has 0 unspecified atom stereocenters. The molecule has 2 amide bonds. The van der Waals surface area contributed by atoms with E-state index in [0.29, 0.717) is 58.7 Å². The van der Waals surface area contributed by atoms with Crippen molar-refractivity contribution in [2.75, 3.05) is 39.2 Å². The lowest BCUT2D eigenvalue weighted by Gasteiger charge is -2.38. The number of nitrogens with zero attached hydrogens (tertiary/aromatic N) is 5. The topological polar surface area (TPSA) is 131 Å². The highest BCUT2D eigenvalue weighted by atomic mass is 35.5. The molecular weight excluding hydrogens is 724 g/mol. The molecule has 2 aliphatic heterocycles. The molecule has 1 aromatic carbocycles. The molecule has 53 heavy (non-hydrogen) atoms. The maximum absolute atomic E-state index is 15.6. The van der Waals surface area contributed by atoms with E-state index in [-0.39, 0.29) is 52.9 Å². The van der Waals surface area contributed by atoms with Gasteiger partial charge in [0.2, 0.25) is 11.8 Å². The van der Waals surface area contributed by atoms with Gasteiger partial charge in [0.15, 0.2) is 11.6 Å². The molecule has 12 nitrogen and oxygen atoms in total. The molecule has 2 fully saturated rings. The number of pyridine rings is 3. The number of aromatic nitrogens is 3. The van der Waals surface area contributed by atoms with E-state index in [2.05, 4.69) is 25.5 Å². The summed E-state index contributed by atoms with van der Waals surface area (Å²) in [6.07, 6.45) is 3.84. The van der Waals surface area contributed by atoms with E-state index in [1.165, 1.54) is 7.11 Å². The van der Waals surface area contributed by atoms with Crippen LogP contribution < -0.4 is 15.4 Å². The summed E-state index contributed by atoms with van der Waals surface area (Å²) >= 11 is 13.9. The fourth-order valence-electron chi connectivity index (χ4n) is 6.24. The van der Waals surface area contributed by atoms with Crippen LogP contribution in [0.1, 0.15) is 44.7 Å². The number of carbonyl (C=O) groups excluding carboxylic acids is 2. The number of nitrogens with one attached hydrogen (secondary N) is 2. The van der Waals surface area contributed by atoms with Crippen LogP contribution in [0.4, 0.5) is 20.7 Å². The highest BCUT2D eigenvalue weighted by Crippen LogP contribution is 2.41. The molecule has 1 atom stereocenters. The van der Waals surface area contributed by atoms with Crippen LogP contribution in [0.3, 0.4) is 0 Å². The number of hydrogen-bond acceptors (Lipinski definition) is 10. The van der Waals surface area contributed by atoms with Crippen LogP contribution in [-0.4, -0.2) is 88.4 Å². The molecule has 5 heterocycles. The molecule has 280 valence electrons. The quantitative estimate of drug-likeness (QED) is 0.152. The van der Waals surface area contributed by atoms with Crippen molar-refractivity contribution in [3.8, 4) is 28.4 Å². The van der Waals surface area contributed by atoms with Crippen molar-refractivity contribution < 1.29 is 28.2 Å². The molecule has 2 aliphatic rings. The number of halogens is 3. The summed E-state index contributed by atoms with van der Waals surface area (Å²) in [5, 5.41) is 6.53. The van der Waals surface area contributed by atoms with E-state index in [1.807, 2.05) is 6.07 Å². The lowest BCUT2D eigenvalue weighted by molar-refractivity contribution is -0.119. The van der Waals surface area contributed by atoms with Crippen LogP contribution >= 0.6 is 23.2 Å². The second kappa shape index (κ2) is 16.2. The van der Waals surface area contributed by atoms with Crippen LogP contribution in [0.15, 0.2) is 54.9 Å². The standard InChI is InChI=1S/C38H42Cl2FN7O5/c1-38(2,3)53-37(50)48(19-24-10-12-30(49)44-24)18-23-9-11-28(46-36(23)52-5)26-14-16-42-34(32(26)40)27-7-6-8-29(31(27)39)45-35-33(41)22(13-15-43-35)17-47-20-25(21-47)51-4/h6-9,11,13-16,24-25H,10,12,17-21H2,1-5H3,(H,43,45)(H,44,49)/t24-/m0/s1. The maximum atomic E-state index is 15.6. The number of benzene rings is 1. The van der Waals surface area contributed by atoms with Gasteiger partial charge in [0.1, 0.15) is 5.60 Å². The Balaban J connectivity index is 1.24. The molecule has 0 saturated carbocycles. The third-order valence-electron chi connectivity index (χ3n) is 8.96. The highest BCUT2D eigenvalue weighted by molar-refractivity contribution is 6.39. The summed E-state index contributed by atoms with van der Waals surface area (Å²) < 4.78 is 32.3. The summed E-state index contributed by atoms with van der Waals surface area (Å²) in [6.45, 7) is 7.71. The summed E-state index contributed by atoms with van der Waals surface area (Å²) in [7, 11) is 3.17. The number of likely N-dealkylation sites (tertiary alicyclic amines) is 1. The molecule has 6 rings (SSSR count). The van der Waals surface area contributed by atoms with Gasteiger partial charge in [-0.05, 0) is 57.5 Å². The SMILES string of the molecule is COc1nc(-c2ccnc(-c3cccc(Nc4nccc(CN5CC(OC)C5)c4F)c3Cl)c2Cl)ccc1CN(C[C@@H]1CCC(=O)N1)C(=O)OC(C)(C)C. The van der Waals surface area contributed by atoms with Crippen LogP contribution in [0.2, 0.25) is 10.0 Å². The minimum atomic E-state index is -0.713. The molecule has 0 spiro atoms. The van der Waals surface area contributed by atoms with Crippen molar-refractivity contribution in [2.24, 2.45) is 0 Å². The molecule has 0 radical (unpaired) electrons. The van der Waals surface area contributed by atoms with Crippen molar-refractivity contribution in [3.05, 3.63) is 81.8 Å². The van der Waals surface area contributed by atoms with Crippen molar-refractivity contribution in [2.45, 2.75) is 64.4 Å². The molecule has 15 heteroatoms. The fourth-order valence-corrected chi connectivity index (χ4v) is 6.81. The molecule has 0 aliphatic carbocycles. The first-order valence-corrected chi connectivity index (χ1v) is 18.0. The first kappa shape index (κ1) is 38.2. The van der Waals surface area contributed by atoms with Gasteiger partial charge in [0.05, 0.1) is 46.9 Å². The van der Waals surface area contributed by atoms with E-state index < -0.39 is 17.5 Å². The highest BCUT2D eigenvalue weighted by Gasteiger charge is 2.30. The van der Waals surface area contributed by atoms with Crippen molar-refractivity contribution in [1.29, 1.82) is 0 Å². The van der Waals surface area contributed by atoms with Gasteiger partial charge in [-0.3, -0.25) is 14.7 Å². The first-order valence-electron chi connectivity index (χ1n) is 17.2. The molecule has 4 aromatic rings. The molecular formula is C38H42Cl2FN7O5. The zero-order chi connectivity index (χ0) is 37.9. The Morgan fingerprint density at radius 3 is 2.51 bits per heavy atom. The predicted molar refractivity (Wildman–Crippen MR) is 201 cm³/mol. The molecule has 2 saturated heterocycles. The maximum Gasteiger partial charge on any atom is 0.410 e. The average molecular weight is 767 g/mol. The van der Waals surface area contributed by atoms with E-state index in [1.54, 1.807) is 81.6 Å². The van der Waals surface area contributed by atoms with Crippen molar-refractivity contribution in [1.82, 2.24) is 30.1 Å². The van der Waals surface area contributed by atoms with Gasteiger partial charge in [-0.2, -0.15) is 0 Å². The van der Waals surface area contributed by atoms with Gasteiger partial charge in [0, 0.05) is 80.4 Å². The third kappa shape index (κ3) is 8.98. The normalized spacial score (nSPS) is 16.2. The summed E-state index contributed by atoms with van der Waals surface area (Å²) in [6, 6.07) is 12.1. The third-order valence-corrected chi connectivity index (χ3v) is 9.75. The van der Waals surface area contributed by atoms with Crippen LogP contribution in [0.5, 0.6) is 5.88 Å². The zero-order valence-electron chi connectivity index (χ0n) is 30.2. The van der Waals surface area contributed by atoms with Crippen molar-refractivity contribution in [3.63, 3.8) is 0 Å². The number of methoxy groups -OCH3 is 2. The fraction of sp³-hybridized carbons (Fsp3) is 0.395. The average Bonchev–Trinajstić information content (AvgIpc) is 3.52. The molecule has 0 bridgehead atoms. The second-order valence-corrected chi connectivity index (χ2v) is 14.8. The number of rotatable bonds is 12. The Morgan fingerprint density at radius 2 is 1.81 bits per heavy atom. The van der Waals surface area contributed by atoms with Gasteiger partial charge in [-0.1, -0.05) is 35.3 Å². The largest absolute Gasteiger partial charge is 0.481 e. The van der Waals surface area contributed by atoms with Gasteiger partial charge in [-0.25, -0.2) is 19.2 Å². The summed E-state index contributed by atoms with van der Waals surface area (Å²) in [5.41, 5.74) is 2.83. The predicted octanol–water partition coefficient (Wildman–Crippen LogP) is 7.25. The van der Waals surface area contributed by atoms with E-state index in [9.17, 15) is 9.59 Å². The lowest BCUT2D eigenvalue weighted by atomic mass is 10.0.